The molecular formula is C8F6N4. The van der Waals surface area contributed by atoms with E-state index in [0.29, 0.717) is 0 Å². The summed E-state index contributed by atoms with van der Waals surface area (Å²) in [5, 5.41) is 16.8. The molecule has 18 heavy (non-hydrogen) atoms. The molecule has 0 N–H and O–H groups in total. The molecule has 0 radical (unpaired) electrons. The molecule has 4 nitrogen and oxygen atoms in total. The van der Waals surface area contributed by atoms with Gasteiger partial charge in [0.15, 0.2) is 22.8 Å². The first-order valence-electron chi connectivity index (χ1n) is 3.98. The molecule has 1 rings (SSSR count). The Kier molecular flexibility index (Phi) is 3.15. The van der Waals surface area contributed by atoms with Crippen molar-refractivity contribution < 1.29 is 26.3 Å². The molecule has 0 atom stereocenters. The van der Waals surface area contributed by atoms with Crippen molar-refractivity contribution in [3.63, 3.8) is 0 Å². The molecule has 1 heterocycles. The van der Waals surface area contributed by atoms with Gasteiger partial charge in [-0.15, -0.1) is 0 Å². The molecule has 10 heteroatoms. The Bertz CT molecular complexity index is 508. The first kappa shape index (κ1) is 13.7. The van der Waals surface area contributed by atoms with E-state index >= 15 is 0 Å². The third-order valence-corrected chi connectivity index (χ3v) is 1.64. The van der Waals surface area contributed by atoms with Gasteiger partial charge in [0.2, 0.25) is 0 Å². The molecule has 0 unspecified atom stereocenters. The highest BCUT2D eigenvalue weighted by atomic mass is 19.4. The Balaban J connectivity index is 3.71. The van der Waals surface area contributed by atoms with E-state index in [9.17, 15) is 26.3 Å². The minimum atomic E-state index is -5.43. The number of halogens is 6. The lowest BCUT2D eigenvalue weighted by Gasteiger charge is -2.13. The Labute approximate surface area is 95.1 Å². The van der Waals surface area contributed by atoms with E-state index in [-0.39, 0.29) is 0 Å². The number of rotatable bonds is 0. The predicted molar refractivity (Wildman–Crippen MR) is 41.5 cm³/mol. The smallest absolute Gasteiger partial charge is 0.227 e. The zero-order valence-electron chi connectivity index (χ0n) is 8.06. The fourth-order valence-electron chi connectivity index (χ4n) is 0.987. The summed E-state index contributed by atoms with van der Waals surface area (Å²) in [4.78, 5) is 5.02. The molecule has 0 aliphatic carbocycles. The van der Waals surface area contributed by atoms with Crippen molar-refractivity contribution >= 4 is 0 Å². The SMILES string of the molecule is N#Cc1nc(C(F)(F)F)c(C(F)(F)F)nc1C#N. The summed E-state index contributed by atoms with van der Waals surface area (Å²) in [6.07, 6.45) is -10.9. The lowest BCUT2D eigenvalue weighted by molar-refractivity contribution is -0.167. The summed E-state index contributed by atoms with van der Waals surface area (Å²) >= 11 is 0. The quantitative estimate of drug-likeness (QED) is 0.675. The number of hydrogen-bond acceptors (Lipinski definition) is 4. The van der Waals surface area contributed by atoms with Crippen LogP contribution in [-0.4, -0.2) is 9.97 Å². The summed E-state index contributed by atoms with van der Waals surface area (Å²) in [5.41, 5.74) is -6.91. The van der Waals surface area contributed by atoms with Crippen LogP contribution < -0.4 is 0 Å². The molecule has 0 aromatic carbocycles. The molecular weight excluding hydrogens is 266 g/mol. The van der Waals surface area contributed by atoms with E-state index in [1.807, 2.05) is 0 Å². The molecule has 0 aliphatic rings. The van der Waals surface area contributed by atoms with Crippen molar-refractivity contribution in [3.8, 4) is 12.1 Å². The van der Waals surface area contributed by atoms with Gasteiger partial charge in [0.1, 0.15) is 12.1 Å². The number of nitriles is 2. The summed E-state index contributed by atoms with van der Waals surface area (Å²) in [6, 6.07) is 2.15. The molecule has 0 amide bonds. The molecule has 0 saturated carbocycles. The van der Waals surface area contributed by atoms with Gasteiger partial charge < -0.3 is 0 Å². The Morgan fingerprint density at radius 3 is 1.17 bits per heavy atom. The number of alkyl halides is 6. The van der Waals surface area contributed by atoms with Crippen molar-refractivity contribution in [2.24, 2.45) is 0 Å². The molecule has 0 bridgehead atoms. The first-order valence-corrected chi connectivity index (χ1v) is 3.98. The van der Waals surface area contributed by atoms with Crippen molar-refractivity contribution in [1.29, 1.82) is 10.5 Å². The highest BCUT2D eigenvalue weighted by molar-refractivity contribution is 5.38. The van der Waals surface area contributed by atoms with E-state index in [1.165, 1.54) is 0 Å². The van der Waals surface area contributed by atoms with Crippen LogP contribution in [0.2, 0.25) is 0 Å². The minimum absolute atomic E-state index is 1.07. The summed E-state index contributed by atoms with van der Waals surface area (Å²) < 4.78 is 74.0. The molecule has 0 fully saturated rings. The van der Waals surface area contributed by atoms with E-state index in [0.717, 1.165) is 12.1 Å². The summed E-state index contributed by atoms with van der Waals surface area (Å²) in [6.45, 7) is 0. The second-order valence-electron chi connectivity index (χ2n) is 2.84. The standard InChI is InChI=1S/C8F6N4/c9-7(10,11)5-6(8(12,13)14)18-4(2-16)3(1-15)17-5. The van der Waals surface area contributed by atoms with Gasteiger partial charge in [-0.2, -0.15) is 36.9 Å². The molecule has 94 valence electrons. The molecule has 0 spiro atoms. The average molecular weight is 266 g/mol. The summed E-state index contributed by atoms with van der Waals surface area (Å²) in [7, 11) is 0. The minimum Gasteiger partial charge on any atom is -0.227 e. The second kappa shape index (κ2) is 4.14. The Hall–Kier alpha value is -2.36. The average Bonchev–Trinajstić information content (AvgIpc) is 2.24. The van der Waals surface area contributed by atoms with E-state index < -0.39 is 35.1 Å². The number of nitrogens with zero attached hydrogens (tertiary/aromatic N) is 4. The Morgan fingerprint density at radius 1 is 0.722 bits per heavy atom. The van der Waals surface area contributed by atoms with Crippen LogP contribution in [0.1, 0.15) is 22.8 Å². The molecule has 0 saturated heterocycles. The van der Waals surface area contributed by atoms with Crippen LogP contribution in [0, 0.1) is 22.7 Å². The van der Waals surface area contributed by atoms with Gasteiger partial charge in [-0.05, 0) is 0 Å². The number of hydrogen-bond donors (Lipinski definition) is 0. The van der Waals surface area contributed by atoms with Gasteiger partial charge in [0.25, 0.3) is 0 Å². The van der Waals surface area contributed by atoms with Gasteiger partial charge >= 0.3 is 12.4 Å². The van der Waals surface area contributed by atoms with Crippen molar-refractivity contribution in [1.82, 2.24) is 9.97 Å². The maximum atomic E-state index is 12.3. The molecule has 1 aromatic heterocycles. The maximum Gasteiger partial charge on any atom is 0.435 e. The summed E-state index contributed by atoms with van der Waals surface area (Å²) in [5.74, 6) is 0. The van der Waals surface area contributed by atoms with E-state index in [2.05, 4.69) is 9.97 Å². The third kappa shape index (κ3) is 2.48. The highest BCUT2D eigenvalue weighted by Crippen LogP contribution is 2.38. The van der Waals surface area contributed by atoms with Crippen molar-refractivity contribution in [3.05, 3.63) is 22.8 Å². The normalized spacial score (nSPS) is 11.8. The largest absolute Gasteiger partial charge is 0.435 e. The first-order chi connectivity index (χ1) is 8.11. The van der Waals surface area contributed by atoms with Crippen molar-refractivity contribution in [2.75, 3.05) is 0 Å². The fourth-order valence-corrected chi connectivity index (χ4v) is 0.987. The van der Waals surface area contributed by atoms with Crippen LogP contribution >= 0.6 is 0 Å². The zero-order valence-corrected chi connectivity index (χ0v) is 8.06. The fraction of sp³-hybridized carbons (Fsp3) is 0.250. The van der Waals surface area contributed by atoms with Crippen LogP contribution in [0.15, 0.2) is 0 Å². The zero-order chi connectivity index (χ0) is 14.1. The monoisotopic (exact) mass is 266 g/mol. The molecule has 0 aliphatic heterocycles. The maximum absolute atomic E-state index is 12.3. The van der Waals surface area contributed by atoms with Crippen molar-refractivity contribution in [2.45, 2.75) is 12.4 Å². The van der Waals surface area contributed by atoms with Gasteiger partial charge in [0, 0.05) is 0 Å². The van der Waals surface area contributed by atoms with Crippen LogP contribution in [0.3, 0.4) is 0 Å². The second-order valence-corrected chi connectivity index (χ2v) is 2.84. The third-order valence-electron chi connectivity index (χ3n) is 1.64. The predicted octanol–water partition coefficient (Wildman–Crippen LogP) is 2.26. The lowest BCUT2D eigenvalue weighted by Crippen LogP contribution is -2.22. The van der Waals surface area contributed by atoms with Crippen LogP contribution in [-0.2, 0) is 12.4 Å². The van der Waals surface area contributed by atoms with Crippen LogP contribution in [0.25, 0.3) is 0 Å². The van der Waals surface area contributed by atoms with Gasteiger partial charge in [-0.1, -0.05) is 0 Å². The van der Waals surface area contributed by atoms with Crippen LogP contribution in [0.5, 0.6) is 0 Å². The van der Waals surface area contributed by atoms with Crippen LogP contribution in [0.4, 0.5) is 26.3 Å². The lowest BCUT2D eigenvalue weighted by atomic mass is 10.2. The Morgan fingerprint density at radius 2 is 1.00 bits per heavy atom. The van der Waals surface area contributed by atoms with Gasteiger partial charge in [-0.3, -0.25) is 0 Å². The van der Waals surface area contributed by atoms with Gasteiger partial charge in [-0.25, -0.2) is 9.97 Å². The molecule has 1 aromatic rings. The van der Waals surface area contributed by atoms with Gasteiger partial charge in [0.05, 0.1) is 0 Å². The number of aromatic nitrogens is 2. The van der Waals surface area contributed by atoms with E-state index in [1.54, 1.807) is 0 Å². The van der Waals surface area contributed by atoms with E-state index in [4.69, 9.17) is 10.5 Å². The topological polar surface area (TPSA) is 73.4 Å². The highest BCUT2D eigenvalue weighted by Gasteiger charge is 2.47.